The number of aryl methyl sites for hydroxylation is 1. The number of aromatic nitrogens is 1. The standard InChI is InChI=1S/C11H20N2O.ClH/c1-11(2,3)10-8-9(13-14-10)6-5-7-12-4;/h8,12H,5-7H2,1-4H3;1H. The van der Waals surface area contributed by atoms with Gasteiger partial charge in [0, 0.05) is 11.5 Å². The van der Waals surface area contributed by atoms with Crippen molar-refractivity contribution in [2.75, 3.05) is 13.6 Å². The third kappa shape index (κ3) is 4.67. The molecule has 0 fully saturated rings. The van der Waals surface area contributed by atoms with E-state index in [4.69, 9.17) is 4.52 Å². The second-order valence-electron chi connectivity index (χ2n) is 4.64. The van der Waals surface area contributed by atoms with Crippen LogP contribution in [0.5, 0.6) is 0 Å². The lowest BCUT2D eigenvalue weighted by molar-refractivity contribution is 0.325. The first-order chi connectivity index (χ1) is 6.54. The molecule has 88 valence electrons. The van der Waals surface area contributed by atoms with Crippen molar-refractivity contribution in [3.8, 4) is 0 Å². The fourth-order valence-electron chi connectivity index (χ4n) is 1.23. The van der Waals surface area contributed by atoms with Gasteiger partial charge in [-0.05, 0) is 26.4 Å². The minimum atomic E-state index is 0. The molecule has 0 aliphatic carbocycles. The van der Waals surface area contributed by atoms with Crippen LogP contribution in [0.15, 0.2) is 10.6 Å². The van der Waals surface area contributed by atoms with Crippen molar-refractivity contribution in [2.45, 2.75) is 39.0 Å². The zero-order chi connectivity index (χ0) is 10.6. The molecule has 1 aromatic heterocycles. The van der Waals surface area contributed by atoms with E-state index in [-0.39, 0.29) is 17.8 Å². The Kier molecular flexibility index (Phi) is 5.91. The molecule has 0 atom stereocenters. The van der Waals surface area contributed by atoms with Crippen LogP contribution in [-0.4, -0.2) is 18.7 Å². The Bertz CT molecular complexity index is 278. The van der Waals surface area contributed by atoms with Gasteiger partial charge in [0.15, 0.2) is 0 Å². The molecule has 15 heavy (non-hydrogen) atoms. The van der Waals surface area contributed by atoms with Crippen LogP contribution in [0.25, 0.3) is 0 Å². The van der Waals surface area contributed by atoms with E-state index in [1.165, 1.54) is 0 Å². The molecule has 0 radical (unpaired) electrons. The van der Waals surface area contributed by atoms with Gasteiger partial charge in [-0.3, -0.25) is 0 Å². The number of halogens is 1. The summed E-state index contributed by atoms with van der Waals surface area (Å²) in [6.07, 6.45) is 2.09. The maximum Gasteiger partial charge on any atom is 0.142 e. The summed E-state index contributed by atoms with van der Waals surface area (Å²) in [6, 6.07) is 2.07. The Morgan fingerprint density at radius 2 is 2.07 bits per heavy atom. The summed E-state index contributed by atoms with van der Waals surface area (Å²) in [6.45, 7) is 7.42. The van der Waals surface area contributed by atoms with Gasteiger partial charge < -0.3 is 9.84 Å². The SMILES string of the molecule is CNCCCc1cc(C(C)(C)C)on1.Cl. The summed E-state index contributed by atoms with van der Waals surface area (Å²) in [5, 5.41) is 7.17. The van der Waals surface area contributed by atoms with E-state index in [1.54, 1.807) is 0 Å². The lowest BCUT2D eigenvalue weighted by Crippen LogP contribution is -2.09. The van der Waals surface area contributed by atoms with Crippen molar-refractivity contribution in [3.05, 3.63) is 17.5 Å². The van der Waals surface area contributed by atoms with Crippen molar-refractivity contribution >= 4 is 12.4 Å². The molecule has 1 aromatic rings. The van der Waals surface area contributed by atoms with Gasteiger partial charge in [0.1, 0.15) is 5.76 Å². The lowest BCUT2D eigenvalue weighted by atomic mass is 9.93. The van der Waals surface area contributed by atoms with Crippen LogP contribution in [-0.2, 0) is 11.8 Å². The molecular weight excluding hydrogens is 212 g/mol. The molecule has 0 aromatic carbocycles. The molecule has 1 rings (SSSR count). The summed E-state index contributed by atoms with van der Waals surface area (Å²) >= 11 is 0. The zero-order valence-electron chi connectivity index (χ0n) is 9.96. The Hall–Kier alpha value is -0.540. The van der Waals surface area contributed by atoms with Crippen LogP contribution in [0.2, 0.25) is 0 Å². The van der Waals surface area contributed by atoms with E-state index >= 15 is 0 Å². The fraction of sp³-hybridized carbons (Fsp3) is 0.727. The zero-order valence-corrected chi connectivity index (χ0v) is 10.8. The summed E-state index contributed by atoms with van der Waals surface area (Å²) < 4.78 is 5.29. The van der Waals surface area contributed by atoms with Gasteiger partial charge >= 0.3 is 0 Å². The molecular formula is C11H21ClN2O. The molecule has 0 amide bonds. The van der Waals surface area contributed by atoms with E-state index in [2.05, 4.69) is 37.3 Å². The smallest absolute Gasteiger partial charge is 0.142 e. The average Bonchev–Trinajstić information content (AvgIpc) is 2.52. The highest BCUT2D eigenvalue weighted by Crippen LogP contribution is 2.22. The molecule has 0 bridgehead atoms. The molecule has 0 saturated carbocycles. The van der Waals surface area contributed by atoms with Gasteiger partial charge in [0.25, 0.3) is 0 Å². The Balaban J connectivity index is 0.00000196. The largest absolute Gasteiger partial charge is 0.361 e. The molecule has 0 aliphatic heterocycles. The second-order valence-corrected chi connectivity index (χ2v) is 4.64. The van der Waals surface area contributed by atoms with Crippen LogP contribution < -0.4 is 5.32 Å². The molecule has 4 heteroatoms. The highest BCUT2D eigenvalue weighted by Gasteiger charge is 2.19. The highest BCUT2D eigenvalue weighted by molar-refractivity contribution is 5.85. The minimum Gasteiger partial charge on any atom is -0.361 e. The number of rotatable bonds is 4. The van der Waals surface area contributed by atoms with Crippen LogP contribution in [0.1, 0.15) is 38.6 Å². The van der Waals surface area contributed by atoms with E-state index in [0.717, 1.165) is 30.8 Å². The summed E-state index contributed by atoms with van der Waals surface area (Å²) in [5.41, 5.74) is 1.12. The van der Waals surface area contributed by atoms with E-state index in [1.807, 2.05) is 7.05 Å². The normalized spacial score (nSPS) is 11.2. The van der Waals surface area contributed by atoms with Crippen molar-refractivity contribution in [2.24, 2.45) is 0 Å². The average molecular weight is 233 g/mol. The van der Waals surface area contributed by atoms with Crippen molar-refractivity contribution in [3.63, 3.8) is 0 Å². The van der Waals surface area contributed by atoms with Gasteiger partial charge in [0.2, 0.25) is 0 Å². The maximum atomic E-state index is 5.29. The monoisotopic (exact) mass is 232 g/mol. The van der Waals surface area contributed by atoms with E-state index in [0.29, 0.717) is 0 Å². The van der Waals surface area contributed by atoms with E-state index < -0.39 is 0 Å². The van der Waals surface area contributed by atoms with Gasteiger partial charge in [0.05, 0.1) is 5.69 Å². The van der Waals surface area contributed by atoms with Crippen molar-refractivity contribution < 1.29 is 4.52 Å². The van der Waals surface area contributed by atoms with Gasteiger partial charge in [-0.1, -0.05) is 25.9 Å². The van der Waals surface area contributed by atoms with Crippen molar-refractivity contribution in [1.29, 1.82) is 0 Å². The van der Waals surface area contributed by atoms with Crippen LogP contribution in [0.4, 0.5) is 0 Å². The maximum absolute atomic E-state index is 5.29. The van der Waals surface area contributed by atoms with Crippen LogP contribution in [0, 0.1) is 0 Å². The summed E-state index contributed by atoms with van der Waals surface area (Å²) in [4.78, 5) is 0. The third-order valence-electron chi connectivity index (χ3n) is 2.16. The number of nitrogens with zero attached hydrogens (tertiary/aromatic N) is 1. The van der Waals surface area contributed by atoms with Gasteiger partial charge in [-0.15, -0.1) is 12.4 Å². The predicted octanol–water partition coefficient (Wildman–Crippen LogP) is 2.55. The van der Waals surface area contributed by atoms with Crippen molar-refractivity contribution in [1.82, 2.24) is 10.5 Å². The molecule has 0 saturated heterocycles. The van der Waals surface area contributed by atoms with Crippen LogP contribution in [0.3, 0.4) is 0 Å². The first-order valence-electron chi connectivity index (χ1n) is 5.14. The minimum absolute atomic E-state index is 0. The number of hydrogen-bond acceptors (Lipinski definition) is 3. The summed E-state index contributed by atoms with van der Waals surface area (Å²) in [5.74, 6) is 0.969. The highest BCUT2D eigenvalue weighted by atomic mass is 35.5. The molecule has 0 aliphatic rings. The second kappa shape index (κ2) is 6.13. The molecule has 3 nitrogen and oxygen atoms in total. The third-order valence-corrected chi connectivity index (χ3v) is 2.16. The van der Waals surface area contributed by atoms with Gasteiger partial charge in [-0.25, -0.2) is 0 Å². The Labute approximate surface area is 98.0 Å². The first-order valence-corrected chi connectivity index (χ1v) is 5.14. The molecule has 1 heterocycles. The predicted molar refractivity (Wildman–Crippen MR) is 64.7 cm³/mol. The first kappa shape index (κ1) is 14.5. The molecule has 1 N–H and O–H groups in total. The Morgan fingerprint density at radius 1 is 1.40 bits per heavy atom. The Morgan fingerprint density at radius 3 is 2.53 bits per heavy atom. The topological polar surface area (TPSA) is 38.1 Å². The number of hydrogen-bond donors (Lipinski definition) is 1. The van der Waals surface area contributed by atoms with E-state index in [9.17, 15) is 0 Å². The molecule has 0 spiro atoms. The van der Waals surface area contributed by atoms with Gasteiger partial charge in [-0.2, -0.15) is 0 Å². The number of nitrogens with one attached hydrogen (secondary N) is 1. The summed E-state index contributed by atoms with van der Waals surface area (Å²) in [7, 11) is 1.96. The van der Waals surface area contributed by atoms with Crippen LogP contribution >= 0.6 is 12.4 Å². The molecule has 0 unspecified atom stereocenters. The fourth-order valence-corrected chi connectivity index (χ4v) is 1.23. The lowest BCUT2D eigenvalue weighted by Gasteiger charge is -2.12. The quantitative estimate of drug-likeness (QED) is 0.811.